The molecule has 0 aliphatic carbocycles. The van der Waals surface area contributed by atoms with Crippen LogP contribution in [0.15, 0.2) is 42.6 Å². The minimum Gasteiger partial charge on any atom is -0.326 e. The third-order valence-electron chi connectivity index (χ3n) is 3.09. The van der Waals surface area contributed by atoms with Gasteiger partial charge in [-0.1, -0.05) is 29.8 Å². The van der Waals surface area contributed by atoms with E-state index in [1.54, 1.807) is 12.3 Å². The van der Waals surface area contributed by atoms with Gasteiger partial charge in [-0.25, -0.2) is 4.98 Å². The number of carbonyl (C=O) groups is 1. The van der Waals surface area contributed by atoms with Crippen LogP contribution in [-0.2, 0) is 17.8 Å². The Balaban J connectivity index is 1.87. The van der Waals surface area contributed by atoms with Crippen molar-refractivity contribution in [2.24, 2.45) is 5.73 Å². The molecule has 0 unspecified atom stereocenters. The monoisotopic (exact) mass is 269 g/mol. The number of carbonyl (C=O) groups excluding carboxylic acids is 1. The number of nitrogens with two attached hydrogens (primary N) is 1. The standard InChI is InChI=1S/C16H19N3O/c1-12-2-4-13(5-3-12)6-7-16(20)19-15-10-14(11-17)8-9-18-15/h2-5,8-10H,6-7,11,17H2,1H3,(H,18,19,20). The van der Waals surface area contributed by atoms with Crippen LogP contribution in [0, 0.1) is 6.92 Å². The first kappa shape index (κ1) is 14.2. The molecule has 2 aromatic rings. The minimum absolute atomic E-state index is 0.0350. The van der Waals surface area contributed by atoms with Crippen molar-refractivity contribution in [3.05, 3.63) is 59.3 Å². The Bertz CT molecular complexity index is 579. The number of aryl methyl sites for hydroxylation is 2. The molecule has 0 aliphatic heterocycles. The smallest absolute Gasteiger partial charge is 0.225 e. The summed E-state index contributed by atoms with van der Waals surface area (Å²) >= 11 is 0. The molecule has 20 heavy (non-hydrogen) atoms. The van der Waals surface area contributed by atoms with E-state index >= 15 is 0 Å². The van der Waals surface area contributed by atoms with E-state index in [0.717, 1.165) is 17.5 Å². The maximum absolute atomic E-state index is 11.9. The van der Waals surface area contributed by atoms with Gasteiger partial charge in [0.15, 0.2) is 0 Å². The topological polar surface area (TPSA) is 68.0 Å². The molecule has 0 saturated heterocycles. The van der Waals surface area contributed by atoms with Gasteiger partial charge in [-0.15, -0.1) is 0 Å². The molecule has 2 rings (SSSR count). The van der Waals surface area contributed by atoms with Gasteiger partial charge in [-0.3, -0.25) is 4.79 Å². The Morgan fingerprint density at radius 3 is 2.65 bits per heavy atom. The lowest BCUT2D eigenvalue weighted by Gasteiger charge is -2.06. The largest absolute Gasteiger partial charge is 0.326 e. The normalized spacial score (nSPS) is 10.3. The molecule has 1 aromatic heterocycles. The zero-order chi connectivity index (χ0) is 14.4. The van der Waals surface area contributed by atoms with Crippen molar-refractivity contribution < 1.29 is 4.79 Å². The summed E-state index contributed by atoms with van der Waals surface area (Å²) in [4.78, 5) is 16.0. The minimum atomic E-state index is -0.0350. The number of rotatable bonds is 5. The Morgan fingerprint density at radius 2 is 1.95 bits per heavy atom. The second-order valence-corrected chi connectivity index (χ2v) is 4.79. The zero-order valence-corrected chi connectivity index (χ0v) is 11.6. The molecule has 0 atom stereocenters. The van der Waals surface area contributed by atoms with Crippen molar-refractivity contribution in [2.45, 2.75) is 26.3 Å². The summed E-state index contributed by atoms with van der Waals surface area (Å²) in [6, 6.07) is 11.8. The molecule has 0 aliphatic rings. The molecule has 0 fully saturated rings. The van der Waals surface area contributed by atoms with Crippen LogP contribution < -0.4 is 11.1 Å². The summed E-state index contributed by atoms with van der Waals surface area (Å²) in [5, 5.41) is 2.79. The van der Waals surface area contributed by atoms with Crippen molar-refractivity contribution in [1.29, 1.82) is 0 Å². The SMILES string of the molecule is Cc1ccc(CCC(=O)Nc2cc(CN)ccn2)cc1. The highest BCUT2D eigenvalue weighted by Crippen LogP contribution is 2.09. The van der Waals surface area contributed by atoms with Crippen molar-refractivity contribution in [3.63, 3.8) is 0 Å². The molecule has 1 heterocycles. The van der Waals surface area contributed by atoms with Gasteiger partial charge < -0.3 is 11.1 Å². The highest BCUT2D eigenvalue weighted by atomic mass is 16.1. The van der Waals surface area contributed by atoms with Crippen molar-refractivity contribution in [3.8, 4) is 0 Å². The average Bonchev–Trinajstić information content (AvgIpc) is 2.47. The van der Waals surface area contributed by atoms with Gasteiger partial charge in [0.2, 0.25) is 5.91 Å². The zero-order valence-electron chi connectivity index (χ0n) is 11.6. The number of hydrogen-bond donors (Lipinski definition) is 2. The first-order chi connectivity index (χ1) is 9.67. The van der Waals surface area contributed by atoms with Crippen LogP contribution >= 0.6 is 0 Å². The Morgan fingerprint density at radius 1 is 1.20 bits per heavy atom. The number of benzene rings is 1. The molecule has 1 amide bonds. The van der Waals surface area contributed by atoms with Crippen molar-refractivity contribution in [1.82, 2.24) is 4.98 Å². The van der Waals surface area contributed by atoms with E-state index in [2.05, 4.69) is 34.6 Å². The molecule has 3 N–H and O–H groups in total. The van der Waals surface area contributed by atoms with Crippen LogP contribution in [0.25, 0.3) is 0 Å². The fraction of sp³-hybridized carbons (Fsp3) is 0.250. The van der Waals surface area contributed by atoms with E-state index in [1.807, 2.05) is 13.0 Å². The first-order valence-corrected chi connectivity index (χ1v) is 6.68. The summed E-state index contributed by atoms with van der Waals surface area (Å²) in [6.45, 7) is 2.49. The molecule has 0 saturated carbocycles. The van der Waals surface area contributed by atoms with Gasteiger partial charge in [0.1, 0.15) is 5.82 Å². The Kier molecular flexibility index (Phi) is 4.85. The number of nitrogens with one attached hydrogen (secondary N) is 1. The number of anilines is 1. The highest BCUT2D eigenvalue weighted by Gasteiger charge is 2.04. The predicted molar refractivity (Wildman–Crippen MR) is 80.3 cm³/mol. The molecule has 0 spiro atoms. The second kappa shape index (κ2) is 6.82. The van der Waals surface area contributed by atoms with E-state index < -0.39 is 0 Å². The van der Waals surface area contributed by atoms with Gasteiger partial charge in [0.05, 0.1) is 0 Å². The van der Waals surface area contributed by atoms with Crippen LogP contribution in [0.4, 0.5) is 5.82 Å². The number of pyridine rings is 1. The lowest BCUT2D eigenvalue weighted by atomic mass is 10.1. The lowest BCUT2D eigenvalue weighted by Crippen LogP contribution is -2.13. The highest BCUT2D eigenvalue weighted by molar-refractivity contribution is 5.89. The number of aromatic nitrogens is 1. The van der Waals surface area contributed by atoms with Gasteiger partial charge in [-0.2, -0.15) is 0 Å². The van der Waals surface area contributed by atoms with E-state index in [9.17, 15) is 4.79 Å². The second-order valence-electron chi connectivity index (χ2n) is 4.79. The molecule has 4 heteroatoms. The van der Waals surface area contributed by atoms with Crippen LogP contribution in [0.2, 0.25) is 0 Å². The van der Waals surface area contributed by atoms with E-state index in [0.29, 0.717) is 18.8 Å². The van der Waals surface area contributed by atoms with Crippen LogP contribution in [0.1, 0.15) is 23.1 Å². The molecule has 104 valence electrons. The summed E-state index contributed by atoms with van der Waals surface area (Å²) in [7, 11) is 0. The van der Waals surface area contributed by atoms with Gasteiger partial charge in [-0.05, 0) is 36.6 Å². The lowest BCUT2D eigenvalue weighted by molar-refractivity contribution is -0.116. The number of hydrogen-bond acceptors (Lipinski definition) is 3. The summed E-state index contributed by atoms with van der Waals surface area (Å²) < 4.78 is 0. The number of amides is 1. The molecule has 1 aromatic carbocycles. The fourth-order valence-corrected chi connectivity index (χ4v) is 1.89. The third kappa shape index (κ3) is 4.17. The van der Waals surface area contributed by atoms with E-state index in [-0.39, 0.29) is 5.91 Å². The van der Waals surface area contributed by atoms with Crippen molar-refractivity contribution in [2.75, 3.05) is 5.32 Å². The molecule has 4 nitrogen and oxygen atoms in total. The van der Waals surface area contributed by atoms with Crippen LogP contribution in [0.3, 0.4) is 0 Å². The maximum atomic E-state index is 11.9. The third-order valence-corrected chi connectivity index (χ3v) is 3.09. The maximum Gasteiger partial charge on any atom is 0.225 e. The van der Waals surface area contributed by atoms with Gasteiger partial charge >= 0.3 is 0 Å². The molecular weight excluding hydrogens is 250 g/mol. The summed E-state index contributed by atoms with van der Waals surface area (Å²) in [5.41, 5.74) is 8.89. The predicted octanol–water partition coefficient (Wildman–Crippen LogP) is 2.42. The van der Waals surface area contributed by atoms with Gasteiger partial charge in [0, 0.05) is 19.2 Å². The quantitative estimate of drug-likeness (QED) is 0.876. The number of nitrogens with zero attached hydrogens (tertiary/aromatic N) is 1. The molecular formula is C16H19N3O. The summed E-state index contributed by atoms with van der Waals surface area (Å²) in [5.74, 6) is 0.522. The van der Waals surface area contributed by atoms with Crippen LogP contribution in [-0.4, -0.2) is 10.9 Å². The summed E-state index contributed by atoms with van der Waals surface area (Å²) in [6.07, 6.45) is 2.82. The molecule has 0 radical (unpaired) electrons. The van der Waals surface area contributed by atoms with E-state index in [1.165, 1.54) is 5.56 Å². The van der Waals surface area contributed by atoms with E-state index in [4.69, 9.17) is 5.73 Å². The van der Waals surface area contributed by atoms with Crippen molar-refractivity contribution >= 4 is 11.7 Å². The Hall–Kier alpha value is -2.20. The first-order valence-electron chi connectivity index (χ1n) is 6.68. The fourth-order valence-electron chi connectivity index (χ4n) is 1.89. The molecule has 0 bridgehead atoms. The van der Waals surface area contributed by atoms with Crippen LogP contribution in [0.5, 0.6) is 0 Å². The average molecular weight is 269 g/mol. The van der Waals surface area contributed by atoms with Gasteiger partial charge in [0.25, 0.3) is 0 Å². The Labute approximate surface area is 119 Å².